The number of nitrogens with zero attached hydrogens (tertiary/aromatic N) is 2. The third-order valence-electron chi connectivity index (χ3n) is 12.9. The Balaban J connectivity index is 0.727. The van der Waals surface area contributed by atoms with Crippen LogP contribution in [-0.4, -0.2) is 9.97 Å². The predicted octanol–water partition coefficient (Wildman–Crippen LogP) is 16.3. The minimum absolute atomic E-state index is 0.932. The fourth-order valence-electron chi connectivity index (χ4n) is 9.89. The van der Waals surface area contributed by atoms with E-state index in [0.29, 0.717) is 0 Å². The van der Waals surface area contributed by atoms with Crippen molar-refractivity contribution in [1.29, 1.82) is 0 Å². The highest BCUT2D eigenvalue weighted by Gasteiger charge is 2.15. The zero-order chi connectivity index (χ0) is 40.7. The second kappa shape index (κ2) is 13.7. The van der Waals surface area contributed by atoms with Gasteiger partial charge in [-0.3, -0.25) is 0 Å². The van der Waals surface area contributed by atoms with Crippen LogP contribution in [0.4, 0.5) is 0 Å². The monoisotopic (exact) mass is 784 g/mol. The summed E-state index contributed by atoms with van der Waals surface area (Å²) in [7, 11) is 0. The molecule has 0 bridgehead atoms. The molecule has 2 heterocycles. The number of pyridine rings is 2. The van der Waals surface area contributed by atoms with E-state index >= 15 is 0 Å². The third kappa shape index (κ3) is 5.65. The summed E-state index contributed by atoms with van der Waals surface area (Å²) in [4.78, 5) is 10.0. The number of rotatable bonds is 6. The summed E-state index contributed by atoms with van der Waals surface area (Å²) >= 11 is 0. The van der Waals surface area contributed by atoms with Crippen molar-refractivity contribution in [3.05, 3.63) is 217 Å². The number of benzene rings is 11. The summed E-state index contributed by atoms with van der Waals surface area (Å²) in [5, 5.41) is 17.9. The van der Waals surface area contributed by atoms with E-state index in [0.717, 1.165) is 44.3 Å². The molecule has 0 aliphatic carbocycles. The standard InChI is InChI=1S/C60H36N2/c1-5-39-19-21-41-7-3-11-51-53(35-47(9-1)57(39)59(41)51)43-25-31-55-45(33-43)23-29-49(61-55)27-17-37-13-15-38(16-14-37)18-28-50-30-24-46-34-44(26-32-56(46)62-50)54-36-48-10-2-6-40-20-22-42-8-4-12-52(54)60(42)58(40)48/h1-36H/b27-17+,28-18+. The van der Waals surface area contributed by atoms with E-state index in [4.69, 9.17) is 9.97 Å². The van der Waals surface area contributed by atoms with Gasteiger partial charge >= 0.3 is 0 Å². The highest BCUT2D eigenvalue weighted by molar-refractivity contribution is 6.27. The molecule has 0 atom stereocenters. The first-order valence-corrected chi connectivity index (χ1v) is 21.3. The molecule has 0 aliphatic rings. The van der Waals surface area contributed by atoms with Crippen molar-refractivity contribution in [2.45, 2.75) is 0 Å². The number of fused-ring (bicyclic) bond motifs is 2. The average molecular weight is 785 g/mol. The topological polar surface area (TPSA) is 25.8 Å². The first-order valence-electron chi connectivity index (χ1n) is 21.3. The lowest BCUT2D eigenvalue weighted by Gasteiger charge is -2.15. The quantitative estimate of drug-likeness (QED) is 0.157. The summed E-state index contributed by atoms with van der Waals surface area (Å²) in [5.41, 5.74) is 11.0. The van der Waals surface area contributed by atoms with Crippen molar-refractivity contribution < 1.29 is 0 Å². The van der Waals surface area contributed by atoms with Crippen molar-refractivity contribution in [3.8, 4) is 22.3 Å². The molecule has 0 fully saturated rings. The van der Waals surface area contributed by atoms with Gasteiger partial charge in [-0.1, -0.05) is 158 Å². The Hall–Kier alpha value is -8.20. The molecule has 0 amide bonds. The summed E-state index contributed by atoms with van der Waals surface area (Å²) in [6.07, 6.45) is 8.44. The SMILES string of the molecule is C(=C\c1ccc2cc(-c3cc4cccc5ccc6cccc3c6c54)ccc2n1)/c1ccc(/C=C/c2ccc3cc(-c4cc5cccc6ccc7cccc4c7c65)ccc3n2)cc1. The van der Waals surface area contributed by atoms with Crippen LogP contribution in [0.5, 0.6) is 0 Å². The van der Waals surface area contributed by atoms with Crippen LogP contribution in [0.15, 0.2) is 194 Å². The molecule has 0 unspecified atom stereocenters. The van der Waals surface area contributed by atoms with Crippen molar-refractivity contribution in [1.82, 2.24) is 9.97 Å². The van der Waals surface area contributed by atoms with Crippen LogP contribution in [0, 0.1) is 0 Å². The lowest BCUT2D eigenvalue weighted by atomic mass is 9.89. The van der Waals surface area contributed by atoms with Crippen LogP contribution < -0.4 is 0 Å². The van der Waals surface area contributed by atoms with Gasteiger partial charge in [0, 0.05) is 10.8 Å². The van der Waals surface area contributed by atoms with E-state index in [1.54, 1.807) is 0 Å². The van der Waals surface area contributed by atoms with Crippen LogP contribution >= 0.6 is 0 Å². The van der Waals surface area contributed by atoms with Gasteiger partial charge in [0.05, 0.1) is 22.4 Å². The summed E-state index contributed by atoms with van der Waals surface area (Å²) in [6, 6.07) is 70.6. The molecule has 286 valence electrons. The molecule has 0 spiro atoms. The van der Waals surface area contributed by atoms with Gasteiger partial charge in [0.25, 0.3) is 0 Å². The van der Waals surface area contributed by atoms with Gasteiger partial charge in [0.1, 0.15) is 0 Å². The lowest BCUT2D eigenvalue weighted by molar-refractivity contribution is 1.37. The average Bonchev–Trinajstić information content (AvgIpc) is 3.33. The Morgan fingerprint density at radius 3 is 1.11 bits per heavy atom. The van der Waals surface area contributed by atoms with Crippen LogP contribution in [0.3, 0.4) is 0 Å². The first-order chi connectivity index (χ1) is 30.7. The molecule has 0 aliphatic heterocycles. The Morgan fingerprint density at radius 1 is 0.274 bits per heavy atom. The van der Waals surface area contributed by atoms with Crippen molar-refractivity contribution in [2.75, 3.05) is 0 Å². The Kier molecular flexibility index (Phi) is 7.64. The Labute approximate surface area is 358 Å². The molecule has 0 saturated heterocycles. The summed E-state index contributed by atoms with van der Waals surface area (Å²) < 4.78 is 0. The molecular formula is C60H36N2. The van der Waals surface area contributed by atoms with E-state index in [1.807, 2.05) is 0 Å². The summed E-state index contributed by atoms with van der Waals surface area (Å²) in [5.74, 6) is 0. The van der Waals surface area contributed by atoms with E-state index in [9.17, 15) is 0 Å². The maximum Gasteiger partial charge on any atom is 0.0709 e. The largest absolute Gasteiger partial charge is 0.248 e. The molecular weight excluding hydrogens is 749 g/mol. The van der Waals surface area contributed by atoms with Crippen molar-refractivity contribution in [2.24, 2.45) is 0 Å². The highest BCUT2D eigenvalue weighted by Crippen LogP contribution is 2.42. The third-order valence-corrected chi connectivity index (χ3v) is 12.9. The first kappa shape index (κ1) is 34.6. The Morgan fingerprint density at radius 2 is 0.661 bits per heavy atom. The van der Waals surface area contributed by atoms with Gasteiger partial charge in [-0.25, -0.2) is 9.97 Å². The predicted molar refractivity (Wildman–Crippen MR) is 266 cm³/mol. The molecule has 2 nitrogen and oxygen atoms in total. The van der Waals surface area contributed by atoms with E-state index in [1.165, 1.54) is 86.9 Å². The van der Waals surface area contributed by atoms with Gasteiger partial charge in [0.15, 0.2) is 0 Å². The Bertz CT molecular complexity index is 3710. The highest BCUT2D eigenvalue weighted by atomic mass is 14.7. The minimum Gasteiger partial charge on any atom is -0.248 e. The van der Waals surface area contributed by atoms with Crippen molar-refractivity contribution >= 4 is 111 Å². The van der Waals surface area contributed by atoms with Crippen LogP contribution in [-0.2, 0) is 0 Å². The van der Waals surface area contributed by atoms with Gasteiger partial charge in [-0.15, -0.1) is 0 Å². The summed E-state index contributed by atoms with van der Waals surface area (Å²) in [6.45, 7) is 0. The molecule has 13 rings (SSSR count). The molecule has 13 aromatic rings. The zero-order valence-corrected chi connectivity index (χ0v) is 33.7. The fourth-order valence-corrected chi connectivity index (χ4v) is 9.89. The maximum absolute atomic E-state index is 5.01. The van der Waals surface area contributed by atoms with Gasteiger partial charge in [-0.05, 0) is 159 Å². The normalized spacial score (nSPS) is 12.4. The minimum atomic E-state index is 0.932. The smallest absolute Gasteiger partial charge is 0.0709 e. The van der Waals surface area contributed by atoms with E-state index < -0.39 is 0 Å². The zero-order valence-electron chi connectivity index (χ0n) is 33.7. The van der Waals surface area contributed by atoms with Gasteiger partial charge < -0.3 is 0 Å². The maximum atomic E-state index is 5.01. The van der Waals surface area contributed by atoms with Crippen LogP contribution in [0.25, 0.3) is 133 Å². The molecule has 0 saturated carbocycles. The fraction of sp³-hybridized carbons (Fsp3) is 0. The number of hydrogen-bond acceptors (Lipinski definition) is 2. The lowest BCUT2D eigenvalue weighted by Crippen LogP contribution is -1.89. The molecule has 0 radical (unpaired) electrons. The number of hydrogen-bond donors (Lipinski definition) is 0. The van der Waals surface area contributed by atoms with Crippen LogP contribution in [0.1, 0.15) is 22.5 Å². The second-order valence-corrected chi connectivity index (χ2v) is 16.6. The van der Waals surface area contributed by atoms with E-state index in [2.05, 4.69) is 218 Å². The number of aromatic nitrogens is 2. The van der Waals surface area contributed by atoms with Crippen molar-refractivity contribution in [3.63, 3.8) is 0 Å². The molecule has 0 N–H and O–H groups in total. The molecule has 2 aromatic heterocycles. The van der Waals surface area contributed by atoms with E-state index in [-0.39, 0.29) is 0 Å². The molecule has 62 heavy (non-hydrogen) atoms. The van der Waals surface area contributed by atoms with Crippen LogP contribution in [0.2, 0.25) is 0 Å². The second-order valence-electron chi connectivity index (χ2n) is 16.6. The molecule has 2 heteroatoms. The molecule has 11 aromatic carbocycles. The van der Waals surface area contributed by atoms with Gasteiger partial charge in [-0.2, -0.15) is 0 Å². The van der Waals surface area contributed by atoms with Gasteiger partial charge in [0.2, 0.25) is 0 Å².